The lowest BCUT2D eigenvalue weighted by Crippen LogP contribution is -2.10. The number of nitrogens with one attached hydrogen (secondary N) is 1. The summed E-state index contributed by atoms with van der Waals surface area (Å²) in [5.41, 5.74) is 2.71. The molecule has 9 heteroatoms. The number of anilines is 1. The Morgan fingerprint density at radius 3 is 2.74 bits per heavy atom. The lowest BCUT2D eigenvalue weighted by molar-refractivity contribution is 0.103. The second kappa shape index (κ2) is 7.95. The largest absolute Gasteiger partial charge is 0.320 e. The van der Waals surface area contributed by atoms with Gasteiger partial charge in [0.15, 0.2) is 4.34 Å². The third-order valence-electron chi connectivity index (χ3n) is 3.51. The second-order valence-electron chi connectivity index (χ2n) is 5.27. The van der Waals surface area contributed by atoms with Gasteiger partial charge in [0, 0.05) is 10.5 Å². The lowest BCUT2D eigenvalue weighted by Gasteiger charge is -2.08. The average molecular weight is 415 g/mol. The Balaban J connectivity index is 1.54. The van der Waals surface area contributed by atoms with Crippen LogP contribution in [0.3, 0.4) is 0 Å². The van der Waals surface area contributed by atoms with Crippen LogP contribution in [0.25, 0.3) is 10.6 Å². The van der Waals surface area contributed by atoms with Crippen LogP contribution >= 0.6 is 34.4 Å². The van der Waals surface area contributed by atoms with Gasteiger partial charge in [-0.05, 0) is 24.3 Å². The van der Waals surface area contributed by atoms with Gasteiger partial charge in [-0.3, -0.25) is 4.79 Å². The summed E-state index contributed by atoms with van der Waals surface area (Å²) in [6.07, 6.45) is 1.46. The smallest absolute Gasteiger partial charge is 0.267 e. The highest BCUT2D eigenvalue weighted by Crippen LogP contribution is 2.34. The molecule has 0 atom stereocenters. The van der Waals surface area contributed by atoms with Gasteiger partial charge in [0.25, 0.3) is 5.91 Å². The molecule has 0 spiro atoms. The van der Waals surface area contributed by atoms with E-state index in [2.05, 4.69) is 20.5 Å². The average Bonchev–Trinajstić information content (AvgIpc) is 3.36. The standard InChI is InChI=1S/C18H11FN4OS3/c19-12-6-2-1-5-11(12)17-20-9-15(26-17)16(24)22-13-7-3-4-8-14(13)27-18-23-21-10-25-18/h1-10H,(H,22,24). The Hall–Kier alpha value is -2.62. The van der Waals surface area contributed by atoms with E-state index in [0.717, 1.165) is 20.6 Å². The van der Waals surface area contributed by atoms with Crippen molar-refractivity contribution in [2.24, 2.45) is 0 Å². The highest BCUT2D eigenvalue weighted by atomic mass is 32.2. The number of benzene rings is 2. The van der Waals surface area contributed by atoms with Crippen LogP contribution in [0.2, 0.25) is 0 Å². The molecule has 0 unspecified atom stereocenters. The Bertz CT molecular complexity index is 1080. The Kier molecular flexibility index (Phi) is 5.23. The molecule has 1 amide bonds. The number of hydrogen-bond donors (Lipinski definition) is 1. The Morgan fingerprint density at radius 2 is 1.93 bits per heavy atom. The minimum Gasteiger partial charge on any atom is -0.320 e. The van der Waals surface area contributed by atoms with Crippen molar-refractivity contribution in [2.45, 2.75) is 9.24 Å². The summed E-state index contributed by atoms with van der Waals surface area (Å²) in [7, 11) is 0. The first-order valence-electron chi connectivity index (χ1n) is 7.76. The predicted molar refractivity (Wildman–Crippen MR) is 106 cm³/mol. The van der Waals surface area contributed by atoms with E-state index in [9.17, 15) is 9.18 Å². The van der Waals surface area contributed by atoms with E-state index in [1.54, 1.807) is 23.7 Å². The van der Waals surface area contributed by atoms with E-state index in [4.69, 9.17) is 0 Å². The van der Waals surface area contributed by atoms with E-state index < -0.39 is 0 Å². The summed E-state index contributed by atoms with van der Waals surface area (Å²) in [6, 6.07) is 13.8. The Morgan fingerprint density at radius 1 is 1.11 bits per heavy atom. The molecule has 0 radical (unpaired) electrons. The van der Waals surface area contributed by atoms with Crippen LogP contribution in [-0.2, 0) is 0 Å². The molecule has 0 aliphatic rings. The van der Waals surface area contributed by atoms with Gasteiger partial charge < -0.3 is 5.32 Å². The first-order valence-corrected chi connectivity index (χ1v) is 10.3. The lowest BCUT2D eigenvalue weighted by atomic mass is 10.2. The Labute approximate surface area is 166 Å². The fraction of sp³-hybridized carbons (Fsp3) is 0. The third-order valence-corrected chi connectivity index (χ3v) is 6.39. The molecule has 5 nitrogen and oxygen atoms in total. The molecule has 0 saturated carbocycles. The molecule has 0 bridgehead atoms. The van der Waals surface area contributed by atoms with E-state index in [1.807, 2.05) is 24.3 Å². The highest BCUT2D eigenvalue weighted by Gasteiger charge is 2.16. The molecular weight excluding hydrogens is 403 g/mol. The summed E-state index contributed by atoms with van der Waals surface area (Å²) >= 11 is 4.01. The van der Waals surface area contributed by atoms with Crippen LogP contribution < -0.4 is 5.32 Å². The van der Waals surface area contributed by atoms with Gasteiger partial charge in [0.1, 0.15) is 21.2 Å². The van der Waals surface area contributed by atoms with Gasteiger partial charge in [-0.25, -0.2) is 9.37 Å². The number of para-hydroxylation sites is 1. The first kappa shape index (κ1) is 17.8. The quantitative estimate of drug-likeness (QED) is 0.486. The van der Waals surface area contributed by atoms with Crippen LogP contribution in [0, 0.1) is 5.82 Å². The summed E-state index contributed by atoms with van der Waals surface area (Å²) in [4.78, 5) is 18.1. The zero-order valence-electron chi connectivity index (χ0n) is 13.6. The molecule has 0 aliphatic heterocycles. The summed E-state index contributed by atoms with van der Waals surface area (Å²) in [5.74, 6) is -0.655. The fourth-order valence-corrected chi connectivity index (χ4v) is 4.64. The van der Waals surface area contributed by atoms with Crippen LogP contribution in [0.4, 0.5) is 10.1 Å². The van der Waals surface area contributed by atoms with Gasteiger partial charge in [-0.1, -0.05) is 47.4 Å². The van der Waals surface area contributed by atoms with Gasteiger partial charge in [-0.15, -0.1) is 21.5 Å². The number of rotatable bonds is 5. The molecule has 2 heterocycles. The minimum absolute atomic E-state index is 0.291. The molecular formula is C18H11FN4OS3. The van der Waals surface area contributed by atoms with Crippen LogP contribution in [0.15, 0.2) is 69.5 Å². The molecule has 0 aliphatic carbocycles. The number of thiazole rings is 1. The van der Waals surface area contributed by atoms with Gasteiger partial charge in [0.2, 0.25) is 0 Å². The van der Waals surface area contributed by atoms with E-state index in [1.165, 1.54) is 35.4 Å². The van der Waals surface area contributed by atoms with Crippen LogP contribution in [-0.4, -0.2) is 21.1 Å². The molecule has 2 aromatic carbocycles. The number of halogens is 1. The topological polar surface area (TPSA) is 67.8 Å². The predicted octanol–water partition coefficient (Wildman–Crippen LogP) is 5.20. The molecule has 0 saturated heterocycles. The SMILES string of the molecule is O=C(Nc1ccccc1Sc1nncs1)c1cnc(-c2ccccc2F)s1. The fourth-order valence-electron chi connectivity index (χ4n) is 2.28. The summed E-state index contributed by atoms with van der Waals surface area (Å²) < 4.78 is 14.7. The monoisotopic (exact) mass is 414 g/mol. The van der Waals surface area contributed by atoms with Crippen molar-refractivity contribution < 1.29 is 9.18 Å². The summed E-state index contributed by atoms with van der Waals surface area (Å²) in [5, 5.41) is 11.2. The minimum atomic E-state index is -0.363. The van der Waals surface area contributed by atoms with Gasteiger partial charge in [-0.2, -0.15) is 0 Å². The third kappa shape index (κ3) is 4.05. The number of hydrogen-bond acceptors (Lipinski definition) is 7. The van der Waals surface area contributed by atoms with Crippen LogP contribution in [0.1, 0.15) is 9.67 Å². The molecule has 2 aromatic heterocycles. The highest BCUT2D eigenvalue weighted by molar-refractivity contribution is 8.01. The summed E-state index contributed by atoms with van der Waals surface area (Å²) in [6.45, 7) is 0. The van der Waals surface area contributed by atoms with Crippen molar-refractivity contribution in [2.75, 3.05) is 5.32 Å². The van der Waals surface area contributed by atoms with Crippen molar-refractivity contribution in [3.63, 3.8) is 0 Å². The van der Waals surface area contributed by atoms with Crippen molar-refractivity contribution >= 4 is 46.0 Å². The molecule has 1 N–H and O–H groups in total. The second-order valence-corrected chi connectivity index (χ2v) is 8.42. The van der Waals surface area contributed by atoms with E-state index >= 15 is 0 Å². The molecule has 134 valence electrons. The normalized spacial score (nSPS) is 10.7. The molecule has 0 fully saturated rings. The maximum absolute atomic E-state index is 13.9. The van der Waals surface area contributed by atoms with Crippen molar-refractivity contribution in [3.8, 4) is 10.6 Å². The zero-order valence-corrected chi connectivity index (χ0v) is 16.1. The number of nitrogens with zero attached hydrogens (tertiary/aromatic N) is 3. The maximum Gasteiger partial charge on any atom is 0.267 e. The van der Waals surface area contributed by atoms with Gasteiger partial charge in [0.05, 0.1) is 11.9 Å². The van der Waals surface area contributed by atoms with Crippen molar-refractivity contribution in [1.29, 1.82) is 0 Å². The van der Waals surface area contributed by atoms with Crippen molar-refractivity contribution in [1.82, 2.24) is 15.2 Å². The number of carbonyl (C=O) groups excluding carboxylic acids is 1. The first-order chi connectivity index (χ1) is 13.2. The molecule has 4 aromatic rings. The number of aromatic nitrogens is 3. The molecule has 4 rings (SSSR count). The van der Waals surface area contributed by atoms with Crippen LogP contribution in [0.5, 0.6) is 0 Å². The maximum atomic E-state index is 13.9. The van der Waals surface area contributed by atoms with Gasteiger partial charge >= 0.3 is 0 Å². The zero-order chi connectivity index (χ0) is 18.6. The molecule has 27 heavy (non-hydrogen) atoms. The van der Waals surface area contributed by atoms with E-state index in [0.29, 0.717) is 21.1 Å². The number of amides is 1. The number of carbonyl (C=O) groups is 1. The van der Waals surface area contributed by atoms with Crippen molar-refractivity contribution in [3.05, 3.63) is 70.9 Å². The van der Waals surface area contributed by atoms with E-state index in [-0.39, 0.29) is 11.7 Å².